The molecule has 3 atom stereocenters. The van der Waals surface area contributed by atoms with Gasteiger partial charge in [0.1, 0.15) is 0 Å². The summed E-state index contributed by atoms with van der Waals surface area (Å²) in [6.07, 6.45) is 6.06. The minimum Gasteiger partial charge on any atom is -0.337 e. The zero-order valence-corrected chi connectivity index (χ0v) is 17.1. The van der Waals surface area contributed by atoms with Crippen molar-refractivity contribution in [3.63, 3.8) is 0 Å². The third kappa shape index (κ3) is 3.92. The molecule has 0 aliphatic carbocycles. The minimum atomic E-state index is -3.32. The number of sulfonamides is 1. The third-order valence-electron chi connectivity index (χ3n) is 5.87. The van der Waals surface area contributed by atoms with Gasteiger partial charge in [-0.05, 0) is 25.3 Å². The first kappa shape index (κ1) is 19.4. The topological polar surface area (TPSA) is 89.2 Å². The summed E-state index contributed by atoms with van der Waals surface area (Å²) >= 11 is 0. The minimum absolute atomic E-state index is 0.0531. The van der Waals surface area contributed by atoms with E-state index >= 15 is 0 Å². The van der Waals surface area contributed by atoms with Crippen LogP contribution in [-0.4, -0.2) is 53.3 Å². The molecule has 2 aromatic rings. The number of imidazole rings is 1. The number of aromatic nitrogens is 3. The molecule has 4 heterocycles. The van der Waals surface area contributed by atoms with Gasteiger partial charge in [0, 0.05) is 56.6 Å². The molecule has 2 aliphatic rings. The van der Waals surface area contributed by atoms with Gasteiger partial charge in [-0.3, -0.25) is 9.69 Å². The van der Waals surface area contributed by atoms with Crippen molar-refractivity contribution in [2.24, 2.45) is 5.92 Å². The van der Waals surface area contributed by atoms with Crippen molar-refractivity contribution < 1.29 is 8.42 Å². The maximum absolute atomic E-state index is 12.6. The van der Waals surface area contributed by atoms with Crippen molar-refractivity contribution in [3.05, 3.63) is 52.5 Å². The molecule has 1 fully saturated rings. The molecule has 8 nitrogen and oxygen atoms in total. The smallest absolute Gasteiger partial charge is 0.251 e. The van der Waals surface area contributed by atoms with Gasteiger partial charge in [0.15, 0.2) is 0 Å². The largest absolute Gasteiger partial charge is 0.337 e. The highest BCUT2D eigenvalue weighted by Gasteiger charge is 2.40. The summed E-state index contributed by atoms with van der Waals surface area (Å²) in [6, 6.07) is 5.20. The lowest BCUT2D eigenvalue weighted by atomic mass is 9.78. The van der Waals surface area contributed by atoms with Crippen molar-refractivity contribution in [2.75, 3.05) is 25.9 Å². The Bertz CT molecular complexity index is 1010. The van der Waals surface area contributed by atoms with Crippen molar-refractivity contribution in [2.45, 2.75) is 38.4 Å². The van der Waals surface area contributed by atoms with Gasteiger partial charge in [0.25, 0.3) is 5.56 Å². The highest BCUT2D eigenvalue weighted by Crippen LogP contribution is 2.41. The van der Waals surface area contributed by atoms with Gasteiger partial charge in [-0.1, -0.05) is 6.07 Å². The Balaban J connectivity index is 1.61. The standard InChI is InChI=1S/C19H27N5O3S/c1-3-22-11-16(20-13-22)12-23-9-14-7-15(10-23)18(8-21-28(2,26)27)24-17(14)5-4-6-19(24)25/h4-6,11,13-15,18,21H,3,7-10,12H2,1-2H3/t14-,15+,18+/m1/s1. The van der Waals surface area contributed by atoms with E-state index in [0.29, 0.717) is 0 Å². The van der Waals surface area contributed by atoms with E-state index in [2.05, 4.69) is 32.3 Å². The Morgan fingerprint density at radius 2 is 2.11 bits per heavy atom. The fourth-order valence-corrected chi connectivity index (χ4v) is 5.13. The van der Waals surface area contributed by atoms with Gasteiger partial charge in [0.2, 0.25) is 10.0 Å². The lowest BCUT2D eigenvalue weighted by Crippen LogP contribution is -2.51. The molecule has 0 radical (unpaired) electrons. The second-order valence-corrected chi connectivity index (χ2v) is 9.76. The molecule has 152 valence electrons. The first-order valence-electron chi connectivity index (χ1n) is 9.73. The van der Waals surface area contributed by atoms with Crippen LogP contribution in [0.1, 0.15) is 36.7 Å². The molecular weight excluding hydrogens is 378 g/mol. The monoisotopic (exact) mass is 405 g/mol. The molecule has 2 bridgehead atoms. The van der Waals surface area contributed by atoms with Crippen molar-refractivity contribution in [1.29, 1.82) is 0 Å². The highest BCUT2D eigenvalue weighted by atomic mass is 32.2. The molecule has 1 saturated heterocycles. The molecule has 0 aromatic carbocycles. The zero-order valence-electron chi connectivity index (χ0n) is 16.3. The van der Waals surface area contributed by atoms with Crippen LogP contribution in [0.3, 0.4) is 0 Å². The Hall–Kier alpha value is -1.97. The number of hydrogen-bond acceptors (Lipinski definition) is 5. The average molecular weight is 406 g/mol. The Kier molecular flexibility index (Phi) is 5.15. The molecule has 0 unspecified atom stereocenters. The van der Waals surface area contributed by atoms with Crippen molar-refractivity contribution in [1.82, 2.24) is 23.7 Å². The van der Waals surface area contributed by atoms with Crippen LogP contribution in [0.4, 0.5) is 0 Å². The zero-order chi connectivity index (χ0) is 19.9. The summed E-state index contributed by atoms with van der Waals surface area (Å²) in [5.74, 6) is 0.490. The molecule has 2 aromatic heterocycles. The predicted molar refractivity (Wildman–Crippen MR) is 107 cm³/mol. The Labute approximate surface area is 165 Å². The molecule has 4 rings (SSSR count). The first-order chi connectivity index (χ1) is 13.3. The summed E-state index contributed by atoms with van der Waals surface area (Å²) in [5.41, 5.74) is 1.99. The molecule has 1 N–H and O–H groups in total. The van der Waals surface area contributed by atoms with Gasteiger partial charge >= 0.3 is 0 Å². The van der Waals surface area contributed by atoms with Crippen molar-refractivity contribution in [3.8, 4) is 0 Å². The van der Waals surface area contributed by atoms with Crippen LogP contribution >= 0.6 is 0 Å². The third-order valence-corrected chi connectivity index (χ3v) is 6.56. The molecule has 0 spiro atoms. The number of likely N-dealkylation sites (tertiary alicyclic amines) is 1. The summed E-state index contributed by atoms with van der Waals surface area (Å²) < 4.78 is 29.8. The second kappa shape index (κ2) is 7.46. The molecule has 0 amide bonds. The molecule has 9 heteroatoms. The van der Waals surface area contributed by atoms with Crippen LogP contribution in [0, 0.1) is 5.92 Å². The Morgan fingerprint density at radius 1 is 1.29 bits per heavy atom. The van der Waals surface area contributed by atoms with E-state index in [0.717, 1.165) is 50.2 Å². The number of hydrogen-bond donors (Lipinski definition) is 1. The van der Waals surface area contributed by atoms with Crippen LogP contribution < -0.4 is 10.3 Å². The fourth-order valence-electron chi connectivity index (χ4n) is 4.65. The summed E-state index contributed by atoms with van der Waals surface area (Å²) in [7, 11) is -3.32. The maximum atomic E-state index is 12.6. The van der Waals surface area contributed by atoms with Crippen LogP contribution in [0.25, 0.3) is 0 Å². The normalized spacial score (nSPS) is 24.9. The van der Waals surface area contributed by atoms with Crippen molar-refractivity contribution >= 4 is 10.0 Å². The van der Waals surface area contributed by atoms with Gasteiger partial charge in [0.05, 0.1) is 24.3 Å². The number of pyridine rings is 1. The number of aryl methyl sites for hydroxylation is 1. The summed E-state index contributed by atoms with van der Waals surface area (Å²) in [4.78, 5) is 19.5. The van der Waals surface area contributed by atoms with E-state index in [1.165, 1.54) is 0 Å². The van der Waals surface area contributed by atoms with Gasteiger partial charge < -0.3 is 9.13 Å². The molecular formula is C19H27N5O3S. The SMILES string of the molecule is CCn1cnc(CN2C[C@H]3C[C@@H](C2)[C@H](CNS(C)(=O)=O)n2c3cccc2=O)c1. The van der Waals surface area contributed by atoms with Crippen LogP contribution in [-0.2, 0) is 23.1 Å². The number of fused-ring (bicyclic) bond motifs is 4. The summed E-state index contributed by atoms with van der Waals surface area (Å²) in [6.45, 7) is 5.70. The van der Waals surface area contributed by atoms with E-state index in [1.807, 2.05) is 17.0 Å². The fraction of sp³-hybridized carbons (Fsp3) is 0.579. The second-order valence-electron chi connectivity index (χ2n) is 7.93. The number of nitrogens with one attached hydrogen (secondary N) is 1. The van der Waals surface area contributed by atoms with E-state index < -0.39 is 10.0 Å². The molecule has 28 heavy (non-hydrogen) atoms. The quantitative estimate of drug-likeness (QED) is 0.767. The predicted octanol–water partition coefficient (Wildman–Crippen LogP) is 0.774. The van der Waals surface area contributed by atoms with Crippen LogP contribution in [0.2, 0.25) is 0 Å². The Morgan fingerprint density at radius 3 is 2.82 bits per heavy atom. The highest BCUT2D eigenvalue weighted by molar-refractivity contribution is 7.88. The number of piperidine rings is 1. The average Bonchev–Trinajstić information content (AvgIpc) is 3.09. The lowest BCUT2D eigenvalue weighted by molar-refractivity contribution is 0.0861. The summed E-state index contributed by atoms with van der Waals surface area (Å²) in [5, 5.41) is 0. The van der Waals surface area contributed by atoms with E-state index in [-0.39, 0.29) is 30.0 Å². The first-order valence-corrected chi connectivity index (χ1v) is 11.6. The van der Waals surface area contributed by atoms with Crippen LogP contribution in [0.5, 0.6) is 0 Å². The van der Waals surface area contributed by atoms with E-state index in [1.54, 1.807) is 12.1 Å². The van der Waals surface area contributed by atoms with E-state index in [4.69, 9.17) is 0 Å². The maximum Gasteiger partial charge on any atom is 0.251 e. The molecule has 2 aliphatic heterocycles. The van der Waals surface area contributed by atoms with E-state index in [9.17, 15) is 13.2 Å². The van der Waals surface area contributed by atoms with Gasteiger partial charge in [-0.2, -0.15) is 0 Å². The number of nitrogens with zero attached hydrogens (tertiary/aromatic N) is 4. The van der Waals surface area contributed by atoms with Gasteiger partial charge in [-0.25, -0.2) is 18.1 Å². The lowest BCUT2D eigenvalue weighted by Gasteiger charge is -2.47. The van der Waals surface area contributed by atoms with Gasteiger partial charge in [-0.15, -0.1) is 0 Å². The van der Waals surface area contributed by atoms with Crippen LogP contribution in [0.15, 0.2) is 35.5 Å². The number of rotatable bonds is 6. The molecule has 0 saturated carbocycles.